The van der Waals surface area contributed by atoms with E-state index in [2.05, 4.69) is 36.2 Å². The van der Waals surface area contributed by atoms with E-state index in [0.717, 1.165) is 23.9 Å². The van der Waals surface area contributed by atoms with Crippen LogP contribution in [0.5, 0.6) is 5.88 Å². The molecule has 0 aliphatic rings. The van der Waals surface area contributed by atoms with E-state index in [1.54, 1.807) is 0 Å². The number of nitrogens with zero attached hydrogens (tertiary/aromatic N) is 3. The van der Waals surface area contributed by atoms with E-state index in [1.807, 2.05) is 41.1 Å². The summed E-state index contributed by atoms with van der Waals surface area (Å²) in [5.41, 5.74) is 2.10. The van der Waals surface area contributed by atoms with Gasteiger partial charge in [0.2, 0.25) is 5.88 Å². The largest absolute Gasteiger partial charge is 0.476 e. The Labute approximate surface area is 147 Å². The van der Waals surface area contributed by atoms with Crippen molar-refractivity contribution in [3.8, 4) is 5.88 Å². The van der Waals surface area contributed by atoms with Crippen molar-refractivity contribution in [3.63, 3.8) is 0 Å². The van der Waals surface area contributed by atoms with Gasteiger partial charge < -0.3 is 9.64 Å². The minimum atomic E-state index is 0.641. The second-order valence-corrected chi connectivity index (χ2v) is 6.50. The second kappa shape index (κ2) is 7.69. The fourth-order valence-electron chi connectivity index (χ4n) is 2.69. The van der Waals surface area contributed by atoms with Crippen LogP contribution in [0.15, 0.2) is 48.5 Å². The minimum Gasteiger partial charge on any atom is -0.476 e. The highest BCUT2D eigenvalue weighted by Gasteiger charge is 2.14. The summed E-state index contributed by atoms with van der Waals surface area (Å²) in [6.45, 7) is 2.30. The van der Waals surface area contributed by atoms with Crippen molar-refractivity contribution in [2.24, 2.45) is 0 Å². The van der Waals surface area contributed by atoms with Crippen molar-refractivity contribution < 1.29 is 4.74 Å². The SMILES string of the molecule is CN(C)CCCOc1nn(Cc2ccccc2)c2c(Cl)cccc12. The van der Waals surface area contributed by atoms with Crippen molar-refractivity contribution in [3.05, 3.63) is 59.1 Å². The first kappa shape index (κ1) is 16.8. The van der Waals surface area contributed by atoms with Gasteiger partial charge in [-0.15, -0.1) is 5.10 Å². The molecule has 1 heterocycles. The molecule has 0 atom stereocenters. The first-order valence-corrected chi connectivity index (χ1v) is 8.49. The lowest BCUT2D eigenvalue weighted by molar-refractivity contribution is 0.273. The fourth-order valence-corrected chi connectivity index (χ4v) is 2.96. The maximum Gasteiger partial charge on any atom is 0.240 e. The Bertz CT molecular complexity index is 799. The van der Waals surface area contributed by atoms with Crippen LogP contribution in [0.2, 0.25) is 5.02 Å². The number of hydrogen-bond acceptors (Lipinski definition) is 3. The van der Waals surface area contributed by atoms with Crippen LogP contribution in [0.25, 0.3) is 10.9 Å². The topological polar surface area (TPSA) is 30.3 Å². The molecule has 0 amide bonds. The number of fused-ring (bicyclic) bond motifs is 1. The van der Waals surface area contributed by atoms with Crippen LogP contribution in [0.3, 0.4) is 0 Å². The lowest BCUT2D eigenvalue weighted by Crippen LogP contribution is -2.15. The summed E-state index contributed by atoms with van der Waals surface area (Å²) in [6.07, 6.45) is 0.959. The first-order chi connectivity index (χ1) is 11.6. The van der Waals surface area contributed by atoms with Crippen molar-refractivity contribution in [2.75, 3.05) is 27.2 Å². The Morgan fingerprint density at radius 1 is 1.08 bits per heavy atom. The van der Waals surface area contributed by atoms with E-state index in [1.165, 1.54) is 5.56 Å². The van der Waals surface area contributed by atoms with E-state index >= 15 is 0 Å². The van der Waals surface area contributed by atoms with E-state index in [9.17, 15) is 0 Å². The normalized spacial score (nSPS) is 11.3. The molecule has 1 aromatic heterocycles. The van der Waals surface area contributed by atoms with Crippen LogP contribution in [-0.2, 0) is 6.54 Å². The van der Waals surface area contributed by atoms with Crippen molar-refractivity contribution in [1.82, 2.24) is 14.7 Å². The molecule has 0 bridgehead atoms. The van der Waals surface area contributed by atoms with Gasteiger partial charge in [-0.25, -0.2) is 0 Å². The summed E-state index contributed by atoms with van der Waals surface area (Å²) in [6, 6.07) is 16.1. The van der Waals surface area contributed by atoms with E-state index in [4.69, 9.17) is 16.3 Å². The number of ether oxygens (including phenoxy) is 1. The highest BCUT2D eigenvalue weighted by atomic mass is 35.5. The van der Waals surface area contributed by atoms with Crippen LogP contribution in [0.4, 0.5) is 0 Å². The van der Waals surface area contributed by atoms with Gasteiger partial charge in [-0.3, -0.25) is 4.68 Å². The molecule has 0 spiro atoms. The van der Waals surface area contributed by atoms with Crippen LogP contribution < -0.4 is 4.74 Å². The maximum atomic E-state index is 6.42. The van der Waals surface area contributed by atoms with Gasteiger partial charge in [0.1, 0.15) is 0 Å². The highest BCUT2D eigenvalue weighted by molar-refractivity contribution is 6.35. The minimum absolute atomic E-state index is 0.641. The number of hydrogen-bond donors (Lipinski definition) is 0. The lowest BCUT2D eigenvalue weighted by atomic mass is 10.2. The summed E-state index contributed by atoms with van der Waals surface area (Å²) in [5, 5.41) is 6.31. The average Bonchev–Trinajstić information content (AvgIpc) is 2.91. The number of benzene rings is 2. The van der Waals surface area contributed by atoms with Gasteiger partial charge >= 0.3 is 0 Å². The Kier molecular flexibility index (Phi) is 5.38. The molecule has 0 saturated carbocycles. The molecule has 2 aromatic carbocycles. The molecule has 0 unspecified atom stereocenters. The number of rotatable bonds is 7. The molecule has 3 aromatic rings. The number of para-hydroxylation sites is 1. The molecular formula is C19H22ClN3O. The number of halogens is 1. The van der Waals surface area contributed by atoms with Gasteiger partial charge in [0, 0.05) is 6.54 Å². The van der Waals surface area contributed by atoms with Gasteiger partial charge in [-0.2, -0.15) is 0 Å². The Morgan fingerprint density at radius 3 is 2.62 bits per heavy atom. The van der Waals surface area contributed by atoms with Gasteiger partial charge in [0.15, 0.2) is 0 Å². The molecule has 0 aliphatic carbocycles. The molecule has 0 N–H and O–H groups in total. The van der Waals surface area contributed by atoms with E-state index in [-0.39, 0.29) is 0 Å². The molecule has 0 aliphatic heterocycles. The predicted molar refractivity (Wildman–Crippen MR) is 99.0 cm³/mol. The van der Waals surface area contributed by atoms with Gasteiger partial charge in [-0.05, 0) is 38.2 Å². The fraction of sp³-hybridized carbons (Fsp3) is 0.316. The van der Waals surface area contributed by atoms with Gasteiger partial charge in [0.05, 0.1) is 29.1 Å². The summed E-state index contributed by atoms with van der Waals surface area (Å²) in [5.74, 6) is 0.655. The van der Waals surface area contributed by atoms with Crippen molar-refractivity contribution >= 4 is 22.5 Å². The average molecular weight is 344 g/mol. The van der Waals surface area contributed by atoms with Crippen molar-refractivity contribution in [2.45, 2.75) is 13.0 Å². The molecule has 5 heteroatoms. The molecule has 4 nitrogen and oxygen atoms in total. The van der Waals surface area contributed by atoms with Crippen molar-refractivity contribution in [1.29, 1.82) is 0 Å². The molecule has 24 heavy (non-hydrogen) atoms. The first-order valence-electron chi connectivity index (χ1n) is 8.11. The Morgan fingerprint density at radius 2 is 1.88 bits per heavy atom. The highest BCUT2D eigenvalue weighted by Crippen LogP contribution is 2.31. The third kappa shape index (κ3) is 3.89. The standard InChI is InChI=1S/C19H22ClN3O/c1-22(2)12-7-13-24-19-16-10-6-11-17(20)18(16)23(21-19)14-15-8-4-3-5-9-15/h3-6,8-11H,7,12-14H2,1-2H3. The smallest absolute Gasteiger partial charge is 0.240 e. The number of aromatic nitrogens is 2. The quantitative estimate of drug-likeness (QED) is 0.606. The zero-order valence-electron chi connectivity index (χ0n) is 14.1. The van der Waals surface area contributed by atoms with E-state index < -0.39 is 0 Å². The summed E-state index contributed by atoms with van der Waals surface area (Å²) in [4.78, 5) is 2.15. The molecule has 0 saturated heterocycles. The van der Waals surface area contributed by atoms with Crippen LogP contribution in [-0.4, -0.2) is 41.9 Å². The summed E-state index contributed by atoms with van der Waals surface area (Å²) in [7, 11) is 4.12. The van der Waals surface area contributed by atoms with Crippen LogP contribution in [0, 0.1) is 0 Å². The molecule has 126 valence electrons. The van der Waals surface area contributed by atoms with Gasteiger partial charge in [-0.1, -0.05) is 48.0 Å². The summed E-state index contributed by atoms with van der Waals surface area (Å²) >= 11 is 6.42. The van der Waals surface area contributed by atoms with Crippen LogP contribution >= 0.6 is 11.6 Å². The third-order valence-corrected chi connectivity index (χ3v) is 4.16. The maximum absolute atomic E-state index is 6.42. The van der Waals surface area contributed by atoms with Gasteiger partial charge in [0.25, 0.3) is 0 Å². The van der Waals surface area contributed by atoms with E-state index in [0.29, 0.717) is 24.1 Å². The predicted octanol–water partition coefficient (Wildman–Crippen LogP) is 4.07. The molecule has 3 rings (SSSR count). The summed E-state index contributed by atoms with van der Waals surface area (Å²) < 4.78 is 7.85. The Balaban J connectivity index is 1.86. The second-order valence-electron chi connectivity index (χ2n) is 6.09. The monoisotopic (exact) mass is 343 g/mol. The van der Waals surface area contributed by atoms with Crippen LogP contribution in [0.1, 0.15) is 12.0 Å². The molecule has 0 fully saturated rings. The third-order valence-electron chi connectivity index (χ3n) is 3.85. The molecular weight excluding hydrogens is 322 g/mol. The zero-order valence-corrected chi connectivity index (χ0v) is 14.8. The molecule has 0 radical (unpaired) electrons. The zero-order chi connectivity index (χ0) is 16.9. The Hall–Kier alpha value is -2.04. The lowest BCUT2D eigenvalue weighted by Gasteiger charge is -2.09.